The maximum absolute atomic E-state index is 13.0. The van der Waals surface area contributed by atoms with Gasteiger partial charge in [0.2, 0.25) is 5.91 Å². The van der Waals surface area contributed by atoms with Crippen LogP contribution in [0.1, 0.15) is 16.1 Å². The zero-order chi connectivity index (χ0) is 16.3. The van der Waals surface area contributed by atoms with Gasteiger partial charge in [-0.1, -0.05) is 16.8 Å². The first-order valence-corrected chi connectivity index (χ1v) is 6.68. The van der Waals surface area contributed by atoms with E-state index in [-0.39, 0.29) is 22.9 Å². The number of nitrogens with zero attached hydrogens (tertiary/aromatic N) is 2. The number of carbonyl (C=O) groups is 2. The Balaban J connectivity index is 2.00. The van der Waals surface area contributed by atoms with Crippen molar-refractivity contribution in [3.63, 3.8) is 0 Å². The summed E-state index contributed by atoms with van der Waals surface area (Å²) >= 11 is 5.83. The molecule has 116 valence electrons. The molecule has 0 saturated carbocycles. The Labute approximate surface area is 130 Å². The van der Waals surface area contributed by atoms with Gasteiger partial charge < -0.3 is 14.7 Å². The minimum atomic E-state index is -0.539. The van der Waals surface area contributed by atoms with Gasteiger partial charge in [-0.2, -0.15) is 0 Å². The maximum atomic E-state index is 13.0. The number of hydrogen-bond donors (Lipinski definition) is 1. The molecule has 2 amide bonds. The summed E-state index contributed by atoms with van der Waals surface area (Å²) in [5, 5.41) is 6.10. The second-order valence-electron chi connectivity index (χ2n) is 4.66. The summed E-state index contributed by atoms with van der Waals surface area (Å²) in [5.41, 5.74) is 0.121. The summed E-state index contributed by atoms with van der Waals surface area (Å²) in [6.07, 6.45) is 0. The van der Waals surface area contributed by atoms with E-state index in [1.165, 1.54) is 18.0 Å². The Kier molecular flexibility index (Phi) is 4.77. The van der Waals surface area contributed by atoms with Crippen molar-refractivity contribution in [3.8, 4) is 0 Å². The molecule has 0 fully saturated rings. The topological polar surface area (TPSA) is 75.4 Å². The molecule has 6 nitrogen and oxygen atoms in total. The van der Waals surface area contributed by atoms with E-state index >= 15 is 0 Å². The molecule has 0 radical (unpaired) electrons. The lowest BCUT2D eigenvalue weighted by Gasteiger charge is -2.17. The van der Waals surface area contributed by atoms with Crippen molar-refractivity contribution in [2.24, 2.45) is 0 Å². The first kappa shape index (κ1) is 16.0. The minimum absolute atomic E-state index is 0.00983. The van der Waals surface area contributed by atoms with Crippen molar-refractivity contribution in [2.75, 3.05) is 18.9 Å². The number of anilines is 1. The number of aryl methyl sites for hydroxylation is 1. The molecule has 8 heteroatoms. The normalized spacial score (nSPS) is 10.4. The molecule has 2 aromatic rings. The van der Waals surface area contributed by atoms with Crippen molar-refractivity contribution in [1.82, 2.24) is 10.1 Å². The third-order valence-electron chi connectivity index (χ3n) is 2.78. The zero-order valence-electron chi connectivity index (χ0n) is 11.9. The van der Waals surface area contributed by atoms with Crippen molar-refractivity contribution >= 4 is 29.2 Å². The van der Waals surface area contributed by atoms with Crippen LogP contribution in [-0.4, -0.2) is 35.5 Å². The number of nitrogens with one attached hydrogen (secondary N) is 1. The van der Waals surface area contributed by atoms with Crippen LogP contribution in [0.5, 0.6) is 0 Å². The average molecular weight is 326 g/mol. The molecule has 0 saturated heterocycles. The molecule has 0 spiro atoms. The van der Waals surface area contributed by atoms with E-state index in [1.807, 2.05) is 0 Å². The summed E-state index contributed by atoms with van der Waals surface area (Å²) in [5.74, 6) is -0.650. The van der Waals surface area contributed by atoms with E-state index in [0.717, 1.165) is 12.1 Å². The number of hydrogen-bond acceptors (Lipinski definition) is 4. The van der Waals surface area contributed by atoms with E-state index in [4.69, 9.17) is 16.1 Å². The first-order valence-electron chi connectivity index (χ1n) is 6.30. The third kappa shape index (κ3) is 3.82. The second-order valence-corrected chi connectivity index (χ2v) is 5.06. The van der Waals surface area contributed by atoms with E-state index in [1.54, 1.807) is 13.0 Å². The van der Waals surface area contributed by atoms with Crippen molar-refractivity contribution in [1.29, 1.82) is 0 Å². The van der Waals surface area contributed by atoms with Gasteiger partial charge in [0.05, 0.1) is 17.1 Å². The monoisotopic (exact) mass is 325 g/mol. The quantitative estimate of drug-likeness (QED) is 0.937. The Bertz CT molecular complexity index is 717. The molecule has 0 unspecified atom stereocenters. The number of benzene rings is 1. The Morgan fingerprint density at radius 1 is 1.41 bits per heavy atom. The molecule has 0 aliphatic rings. The number of likely N-dealkylation sites (N-methyl/N-ethyl adjacent to an activating group) is 1. The van der Waals surface area contributed by atoms with Gasteiger partial charge in [0.15, 0.2) is 5.82 Å². The van der Waals surface area contributed by atoms with Gasteiger partial charge in [0.1, 0.15) is 11.6 Å². The molecule has 22 heavy (non-hydrogen) atoms. The number of amides is 2. The minimum Gasteiger partial charge on any atom is -0.360 e. The summed E-state index contributed by atoms with van der Waals surface area (Å²) in [6, 6.07) is 5.00. The standard InChI is InChI=1S/C14H13ClFN3O3/c1-8-5-12(18-22-8)17-13(20)7-19(2)14(21)10-4-3-9(16)6-11(10)15/h3-6H,7H2,1-2H3,(H,17,18,20). The molecule has 0 bridgehead atoms. The predicted molar refractivity (Wildman–Crippen MR) is 78.2 cm³/mol. The second kappa shape index (κ2) is 6.57. The Hall–Kier alpha value is -2.41. The van der Waals surface area contributed by atoms with E-state index in [9.17, 15) is 14.0 Å². The summed E-state index contributed by atoms with van der Waals surface area (Å²) in [4.78, 5) is 25.2. The highest BCUT2D eigenvalue weighted by Gasteiger charge is 2.18. The van der Waals surface area contributed by atoms with E-state index in [0.29, 0.717) is 5.76 Å². The maximum Gasteiger partial charge on any atom is 0.255 e. The first-order chi connectivity index (χ1) is 10.4. The van der Waals surface area contributed by atoms with Gasteiger partial charge in [-0.25, -0.2) is 4.39 Å². The van der Waals surface area contributed by atoms with Crippen molar-refractivity contribution < 1.29 is 18.5 Å². The lowest BCUT2D eigenvalue weighted by molar-refractivity contribution is -0.116. The fraction of sp³-hybridized carbons (Fsp3) is 0.214. The Morgan fingerprint density at radius 3 is 2.73 bits per heavy atom. The SMILES string of the molecule is Cc1cc(NC(=O)CN(C)C(=O)c2ccc(F)cc2Cl)no1. The van der Waals surface area contributed by atoms with Crippen LogP contribution < -0.4 is 5.32 Å². The van der Waals surface area contributed by atoms with Crippen LogP contribution in [0.15, 0.2) is 28.8 Å². The summed E-state index contributed by atoms with van der Waals surface area (Å²) < 4.78 is 17.8. The van der Waals surface area contributed by atoms with Crippen LogP contribution in [0.25, 0.3) is 0 Å². The molecule has 1 N–H and O–H groups in total. The third-order valence-corrected chi connectivity index (χ3v) is 3.10. The van der Waals surface area contributed by atoms with Crippen molar-refractivity contribution in [3.05, 3.63) is 46.4 Å². The van der Waals surface area contributed by atoms with Crippen LogP contribution >= 0.6 is 11.6 Å². The van der Waals surface area contributed by atoms with Crippen LogP contribution in [0.4, 0.5) is 10.2 Å². The van der Waals surface area contributed by atoms with E-state index in [2.05, 4.69) is 10.5 Å². The van der Waals surface area contributed by atoms with Gasteiger partial charge in [0.25, 0.3) is 5.91 Å². The van der Waals surface area contributed by atoms with Crippen LogP contribution in [0.3, 0.4) is 0 Å². The molecule has 1 aromatic heterocycles. The molecule has 0 atom stereocenters. The van der Waals surface area contributed by atoms with Gasteiger partial charge in [0, 0.05) is 13.1 Å². The number of aromatic nitrogens is 1. The lowest BCUT2D eigenvalue weighted by Crippen LogP contribution is -2.35. The summed E-state index contributed by atoms with van der Waals surface area (Å²) in [6.45, 7) is 1.48. The fourth-order valence-electron chi connectivity index (χ4n) is 1.76. The molecule has 1 heterocycles. The van der Waals surface area contributed by atoms with Crippen molar-refractivity contribution in [2.45, 2.75) is 6.92 Å². The van der Waals surface area contributed by atoms with Crippen LogP contribution in [0.2, 0.25) is 5.02 Å². The predicted octanol–water partition coefficient (Wildman–Crippen LogP) is 2.49. The van der Waals surface area contributed by atoms with Gasteiger partial charge >= 0.3 is 0 Å². The summed E-state index contributed by atoms with van der Waals surface area (Å²) in [7, 11) is 1.44. The van der Waals surface area contributed by atoms with Gasteiger partial charge in [-0.15, -0.1) is 0 Å². The number of carbonyl (C=O) groups excluding carboxylic acids is 2. The molecular weight excluding hydrogens is 313 g/mol. The molecule has 2 rings (SSSR count). The highest BCUT2D eigenvalue weighted by Crippen LogP contribution is 2.18. The van der Waals surface area contributed by atoms with Gasteiger partial charge in [-0.05, 0) is 25.1 Å². The molecule has 1 aromatic carbocycles. The number of halogens is 2. The average Bonchev–Trinajstić information content (AvgIpc) is 2.83. The Morgan fingerprint density at radius 2 is 2.14 bits per heavy atom. The smallest absolute Gasteiger partial charge is 0.255 e. The highest BCUT2D eigenvalue weighted by molar-refractivity contribution is 6.33. The molecule has 0 aliphatic carbocycles. The number of rotatable bonds is 4. The molecule has 0 aliphatic heterocycles. The fourth-order valence-corrected chi connectivity index (χ4v) is 2.01. The van der Waals surface area contributed by atoms with Gasteiger partial charge in [-0.3, -0.25) is 9.59 Å². The largest absolute Gasteiger partial charge is 0.360 e. The highest BCUT2D eigenvalue weighted by atomic mass is 35.5. The lowest BCUT2D eigenvalue weighted by atomic mass is 10.2. The van der Waals surface area contributed by atoms with Crippen LogP contribution in [-0.2, 0) is 4.79 Å². The molecular formula is C14H13ClFN3O3. The zero-order valence-corrected chi connectivity index (χ0v) is 12.6. The van der Waals surface area contributed by atoms with Crippen LogP contribution in [0, 0.1) is 12.7 Å². The van der Waals surface area contributed by atoms with E-state index < -0.39 is 17.6 Å².